The molecule has 28 heavy (non-hydrogen) atoms. The summed E-state index contributed by atoms with van der Waals surface area (Å²) in [4.78, 5) is 28.6. The maximum absolute atomic E-state index is 12.5. The molecule has 1 aromatic heterocycles. The molecule has 0 atom stereocenters. The number of ether oxygens (including phenoxy) is 1. The zero-order chi connectivity index (χ0) is 20.1. The van der Waals surface area contributed by atoms with Gasteiger partial charge in [-0.2, -0.15) is 0 Å². The van der Waals surface area contributed by atoms with E-state index in [1.807, 2.05) is 25.1 Å². The number of pyridine rings is 1. The highest BCUT2D eigenvalue weighted by molar-refractivity contribution is 6.07. The third-order valence-electron chi connectivity index (χ3n) is 4.39. The average molecular weight is 375 g/mol. The third-order valence-corrected chi connectivity index (χ3v) is 4.39. The zero-order valence-electron chi connectivity index (χ0n) is 15.9. The van der Waals surface area contributed by atoms with Crippen molar-refractivity contribution in [3.05, 3.63) is 83.0 Å². The lowest BCUT2D eigenvalue weighted by atomic mass is 10.1. The number of hydrogen-bond acceptors (Lipinski definition) is 5. The normalized spacial score (nSPS) is 10.2. The Morgan fingerprint density at radius 1 is 0.964 bits per heavy atom. The van der Waals surface area contributed by atoms with Gasteiger partial charge in [0.25, 0.3) is 5.91 Å². The molecule has 0 aliphatic carbocycles. The minimum Gasteiger partial charge on any atom is -0.465 e. The fraction of sp³-hybridized carbons (Fsp3) is 0.136. The molecule has 0 bridgehead atoms. The van der Waals surface area contributed by atoms with Crippen molar-refractivity contribution in [1.29, 1.82) is 0 Å². The van der Waals surface area contributed by atoms with E-state index in [9.17, 15) is 9.59 Å². The largest absolute Gasteiger partial charge is 0.465 e. The predicted molar refractivity (Wildman–Crippen MR) is 109 cm³/mol. The number of methoxy groups -OCH3 is 1. The zero-order valence-corrected chi connectivity index (χ0v) is 15.9. The maximum atomic E-state index is 12.5. The molecule has 3 rings (SSSR count). The second-order valence-corrected chi connectivity index (χ2v) is 6.35. The van der Waals surface area contributed by atoms with Crippen molar-refractivity contribution in [1.82, 2.24) is 4.98 Å². The molecule has 0 fully saturated rings. The first-order valence-electron chi connectivity index (χ1n) is 8.77. The number of aryl methyl sites for hydroxylation is 2. The summed E-state index contributed by atoms with van der Waals surface area (Å²) in [7, 11) is 1.30. The number of rotatable bonds is 5. The van der Waals surface area contributed by atoms with Crippen LogP contribution in [0.2, 0.25) is 0 Å². The summed E-state index contributed by atoms with van der Waals surface area (Å²) in [5.74, 6) is -0.238. The first kappa shape index (κ1) is 19.1. The van der Waals surface area contributed by atoms with Crippen LogP contribution in [0.15, 0.2) is 60.8 Å². The Kier molecular flexibility index (Phi) is 5.69. The van der Waals surface area contributed by atoms with E-state index >= 15 is 0 Å². The molecule has 1 heterocycles. The molecular weight excluding hydrogens is 354 g/mol. The van der Waals surface area contributed by atoms with Crippen LogP contribution < -0.4 is 10.6 Å². The summed E-state index contributed by atoms with van der Waals surface area (Å²) in [6.07, 6.45) is 1.49. The van der Waals surface area contributed by atoms with Crippen molar-refractivity contribution in [2.45, 2.75) is 13.8 Å². The number of nitrogens with zero attached hydrogens (tertiary/aromatic N) is 1. The fourth-order valence-electron chi connectivity index (χ4n) is 2.64. The SMILES string of the molecule is COC(=O)c1ccccc1NC(=O)c1ccc(Nc2ccc(C)c(C)c2)nc1. The molecule has 0 spiro atoms. The molecule has 2 aromatic carbocycles. The number of amides is 1. The summed E-state index contributed by atoms with van der Waals surface area (Å²) in [5, 5.41) is 5.94. The van der Waals surface area contributed by atoms with Gasteiger partial charge >= 0.3 is 5.97 Å². The molecule has 6 nitrogen and oxygen atoms in total. The second kappa shape index (κ2) is 8.35. The minimum absolute atomic E-state index is 0.291. The second-order valence-electron chi connectivity index (χ2n) is 6.35. The molecular formula is C22H21N3O3. The number of para-hydroxylation sites is 1. The molecule has 3 aromatic rings. The molecule has 2 N–H and O–H groups in total. The number of esters is 1. The molecule has 0 radical (unpaired) electrons. The van der Waals surface area contributed by atoms with Gasteiger partial charge in [0.05, 0.1) is 23.9 Å². The minimum atomic E-state index is -0.512. The highest BCUT2D eigenvalue weighted by Crippen LogP contribution is 2.20. The van der Waals surface area contributed by atoms with E-state index in [2.05, 4.69) is 22.5 Å². The van der Waals surface area contributed by atoms with Crippen LogP contribution in [0.1, 0.15) is 31.8 Å². The Morgan fingerprint density at radius 2 is 1.75 bits per heavy atom. The molecule has 0 unspecified atom stereocenters. The molecule has 142 valence electrons. The lowest BCUT2D eigenvalue weighted by Gasteiger charge is -2.10. The van der Waals surface area contributed by atoms with Crippen LogP contribution in [0.25, 0.3) is 0 Å². The van der Waals surface area contributed by atoms with Crippen LogP contribution in [0, 0.1) is 13.8 Å². The van der Waals surface area contributed by atoms with E-state index in [4.69, 9.17) is 4.74 Å². The number of hydrogen-bond donors (Lipinski definition) is 2. The Balaban J connectivity index is 1.72. The molecule has 6 heteroatoms. The standard InChI is InChI=1S/C22H21N3O3/c1-14-8-10-17(12-15(14)2)24-20-11-9-16(13-23-20)21(26)25-19-7-5-4-6-18(19)22(27)28-3/h4-13H,1-3H3,(H,23,24)(H,25,26). The Labute approximate surface area is 163 Å². The third kappa shape index (κ3) is 4.35. The van der Waals surface area contributed by atoms with E-state index in [0.717, 1.165) is 5.69 Å². The first-order valence-corrected chi connectivity index (χ1v) is 8.77. The summed E-state index contributed by atoms with van der Waals surface area (Å²) in [6.45, 7) is 4.11. The summed E-state index contributed by atoms with van der Waals surface area (Å²) in [5.41, 5.74) is 4.39. The quantitative estimate of drug-likeness (QED) is 0.643. The number of carbonyl (C=O) groups is 2. The summed E-state index contributed by atoms with van der Waals surface area (Å²) in [6, 6.07) is 16.1. The van der Waals surface area contributed by atoms with Gasteiger partial charge in [-0.1, -0.05) is 18.2 Å². The molecule has 1 amide bonds. The molecule has 0 aliphatic rings. The molecule has 0 saturated carbocycles. The van der Waals surface area contributed by atoms with E-state index in [-0.39, 0.29) is 5.91 Å². The van der Waals surface area contributed by atoms with Crippen molar-refractivity contribution in [2.24, 2.45) is 0 Å². The van der Waals surface area contributed by atoms with Gasteiger partial charge in [-0.25, -0.2) is 9.78 Å². The van der Waals surface area contributed by atoms with Crippen LogP contribution in [0.5, 0.6) is 0 Å². The van der Waals surface area contributed by atoms with Gasteiger partial charge in [-0.05, 0) is 61.4 Å². The van der Waals surface area contributed by atoms with Gasteiger partial charge in [0.2, 0.25) is 0 Å². The van der Waals surface area contributed by atoms with E-state index < -0.39 is 5.97 Å². The van der Waals surface area contributed by atoms with E-state index in [1.54, 1.807) is 36.4 Å². The van der Waals surface area contributed by atoms with Crippen LogP contribution in [0.4, 0.5) is 17.2 Å². The average Bonchev–Trinajstić information content (AvgIpc) is 2.71. The lowest BCUT2D eigenvalue weighted by Crippen LogP contribution is -2.15. The lowest BCUT2D eigenvalue weighted by molar-refractivity contribution is 0.0602. The smallest absolute Gasteiger partial charge is 0.339 e. The van der Waals surface area contributed by atoms with Gasteiger partial charge in [0.15, 0.2) is 0 Å². The van der Waals surface area contributed by atoms with Gasteiger partial charge in [0, 0.05) is 11.9 Å². The number of aromatic nitrogens is 1. The number of nitrogens with one attached hydrogen (secondary N) is 2. The van der Waals surface area contributed by atoms with Crippen LogP contribution in [-0.4, -0.2) is 24.0 Å². The number of benzene rings is 2. The van der Waals surface area contributed by atoms with Crippen LogP contribution in [0.3, 0.4) is 0 Å². The Bertz CT molecular complexity index is 1010. The Hall–Kier alpha value is -3.67. The van der Waals surface area contributed by atoms with Crippen LogP contribution >= 0.6 is 0 Å². The monoisotopic (exact) mass is 375 g/mol. The van der Waals surface area contributed by atoms with Crippen molar-refractivity contribution >= 4 is 29.1 Å². The summed E-state index contributed by atoms with van der Waals surface area (Å²) < 4.78 is 4.74. The fourth-order valence-corrected chi connectivity index (χ4v) is 2.64. The van der Waals surface area contributed by atoms with Gasteiger partial charge in [-0.3, -0.25) is 4.79 Å². The van der Waals surface area contributed by atoms with Gasteiger partial charge in [0.1, 0.15) is 5.82 Å². The first-order chi connectivity index (χ1) is 13.5. The number of carbonyl (C=O) groups excluding carboxylic acids is 2. The maximum Gasteiger partial charge on any atom is 0.339 e. The van der Waals surface area contributed by atoms with E-state index in [0.29, 0.717) is 22.6 Å². The van der Waals surface area contributed by atoms with Gasteiger partial charge < -0.3 is 15.4 Å². The van der Waals surface area contributed by atoms with Gasteiger partial charge in [-0.15, -0.1) is 0 Å². The summed E-state index contributed by atoms with van der Waals surface area (Å²) >= 11 is 0. The number of anilines is 3. The van der Waals surface area contributed by atoms with Crippen molar-refractivity contribution < 1.29 is 14.3 Å². The molecule has 0 aliphatic heterocycles. The van der Waals surface area contributed by atoms with Crippen molar-refractivity contribution in [3.8, 4) is 0 Å². The highest BCUT2D eigenvalue weighted by atomic mass is 16.5. The predicted octanol–water partition coefficient (Wildman–Crippen LogP) is 4.48. The Morgan fingerprint density at radius 3 is 2.43 bits per heavy atom. The highest BCUT2D eigenvalue weighted by Gasteiger charge is 2.14. The topological polar surface area (TPSA) is 80.3 Å². The van der Waals surface area contributed by atoms with Crippen molar-refractivity contribution in [3.63, 3.8) is 0 Å². The molecule has 0 saturated heterocycles. The van der Waals surface area contributed by atoms with E-state index in [1.165, 1.54) is 24.4 Å². The van der Waals surface area contributed by atoms with Crippen LogP contribution in [-0.2, 0) is 4.74 Å². The van der Waals surface area contributed by atoms with Crippen molar-refractivity contribution in [2.75, 3.05) is 17.7 Å².